The summed E-state index contributed by atoms with van der Waals surface area (Å²) in [6, 6.07) is 6.30. The molecule has 3 saturated carbocycles. The van der Waals surface area contributed by atoms with Gasteiger partial charge in [0.1, 0.15) is 18.0 Å². The number of aromatic nitrogens is 4. The van der Waals surface area contributed by atoms with E-state index in [1.807, 2.05) is 0 Å². The van der Waals surface area contributed by atoms with E-state index in [9.17, 15) is 27.1 Å². The average Bonchev–Trinajstić information content (AvgIpc) is 3.18. The fourth-order valence-corrected chi connectivity index (χ4v) is 5.54. The molecule has 1 N–H and O–H groups in total. The summed E-state index contributed by atoms with van der Waals surface area (Å²) in [6.45, 7) is -0.898. The number of aliphatic hydroxyl groups is 1. The number of tetrazole rings is 1. The van der Waals surface area contributed by atoms with Crippen LogP contribution in [-0.4, -0.2) is 31.2 Å². The summed E-state index contributed by atoms with van der Waals surface area (Å²) in [7, 11) is 0. The second-order valence-corrected chi connectivity index (χ2v) is 9.23. The largest absolute Gasteiger partial charge is 0.416 e. The summed E-state index contributed by atoms with van der Waals surface area (Å²) in [4.78, 5) is 0. The van der Waals surface area contributed by atoms with Gasteiger partial charge < -0.3 is 5.11 Å². The summed E-state index contributed by atoms with van der Waals surface area (Å²) >= 11 is 0. The zero-order chi connectivity index (χ0) is 24.6. The van der Waals surface area contributed by atoms with Crippen LogP contribution in [0.15, 0.2) is 48.8 Å². The normalized spacial score (nSPS) is 25.9. The molecule has 3 fully saturated rings. The monoisotopic (exact) mass is 486 g/mol. The zero-order valence-corrected chi connectivity index (χ0v) is 17.3. The highest BCUT2D eigenvalue weighted by atomic mass is 19.4. The molecule has 0 unspecified atom stereocenters. The van der Waals surface area contributed by atoms with Gasteiger partial charge in [-0.05, 0) is 64.9 Å². The average molecular weight is 486 g/mol. The fourth-order valence-electron chi connectivity index (χ4n) is 5.54. The molecule has 3 aliphatic carbocycles. The number of rotatable bonds is 6. The van der Waals surface area contributed by atoms with Gasteiger partial charge in [0.05, 0.1) is 12.1 Å². The lowest BCUT2D eigenvalue weighted by Crippen LogP contribution is -2.76. The van der Waals surface area contributed by atoms with Gasteiger partial charge in [-0.25, -0.2) is 22.2 Å². The Morgan fingerprint density at radius 3 is 2.12 bits per heavy atom. The maximum absolute atomic E-state index is 16.1. The Labute approximate surface area is 188 Å². The van der Waals surface area contributed by atoms with Crippen molar-refractivity contribution in [1.82, 2.24) is 20.2 Å². The molecule has 34 heavy (non-hydrogen) atoms. The minimum Gasteiger partial charge on any atom is -0.377 e. The van der Waals surface area contributed by atoms with E-state index in [2.05, 4.69) is 15.5 Å². The van der Waals surface area contributed by atoms with Gasteiger partial charge in [-0.1, -0.05) is 12.1 Å². The van der Waals surface area contributed by atoms with E-state index >= 15 is 8.78 Å². The molecule has 3 aliphatic rings. The lowest BCUT2D eigenvalue weighted by molar-refractivity contribution is -0.347. The maximum Gasteiger partial charge on any atom is 0.416 e. The molecule has 1 heterocycles. The molecule has 2 bridgehead atoms. The highest BCUT2D eigenvalue weighted by Gasteiger charge is 2.82. The molecule has 6 rings (SSSR count). The van der Waals surface area contributed by atoms with Crippen molar-refractivity contribution >= 4 is 0 Å². The number of nitrogens with zero attached hydrogens (tertiary/aromatic N) is 4. The predicted octanol–water partition coefficient (Wildman–Crippen LogP) is 4.62. The van der Waals surface area contributed by atoms with Gasteiger partial charge in [0.25, 0.3) is 5.92 Å². The summed E-state index contributed by atoms with van der Waals surface area (Å²) in [5.41, 5.74) is -6.74. The van der Waals surface area contributed by atoms with Crippen LogP contribution in [0.3, 0.4) is 0 Å². The van der Waals surface area contributed by atoms with Crippen molar-refractivity contribution in [3.8, 4) is 0 Å². The predicted molar refractivity (Wildman–Crippen MR) is 102 cm³/mol. The quantitative estimate of drug-likeness (QED) is 0.517. The standard InChI is InChI=1S/C22H17F7N4O/c23-15-5-6-16(17(24)7-15)20(34,11-33-12-30-31-32-33)22(28,29)19-8-18(9-19,10-19)13-1-3-14(4-2-13)21(25,26)27/h1-7,12,34H,8-11H2/t18?,19?,20-/m1/s1. The number of hydrogen-bond acceptors (Lipinski definition) is 4. The molecule has 1 atom stereocenters. The summed E-state index contributed by atoms with van der Waals surface area (Å²) in [5, 5.41) is 21.5. The van der Waals surface area contributed by atoms with Crippen LogP contribution in [0.5, 0.6) is 0 Å². The Balaban J connectivity index is 1.47. The third kappa shape index (κ3) is 3.07. The molecular formula is C22H17F7N4O. The van der Waals surface area contributed by atoms with Gasteiger partial charge in [-0.3, -0.25) is 0 Å². The van der Waals surface area contributed by atoms with Gasteiger partial charge in [0.2, 0.25) is 0 Å². The van der Waals surface area contributed by atoms with Crippen LogP contribution in [-0.2, 0) is 23.7 Å². The van der Waals surface area contributed by atoms with Gasteiger partial charge in [0, 0.05) is 17.0 Å². The number of hydrogen-bond donors (Lipinski definition) is 1. The van der Waals surface area contributed by atoms with Crippen molar-refractivity contribution in [3.05, 3.63) is 77.1 Å². The van der Waals surface area contributed by atoms with Crippen molar-refractivity contribution in [3.63, 3.8) is 0 Å². The second kappa shape index (κ2) is 7.00. The summed E-state index contributed by atoms with van der Waals surface area (Å²) < 4.78 is 99.6. The van der Waals surface area contributed by atoms with E-state index in [4.69, 9.17) is 0 Å². The first kappa shape index (κ1) is 22.8. The second-order valence-electron chi connectivity index (χ2n) is 9.23. The van der Waals surface area contributed by atoms with Crippen LogP contribution >= 0.6 is 0 Å². The molecule has 180 valence electrons. The van der Waals surface area contributed by atoms with Crippen LogP contribution in [0.4, 0.5) is 30.7 Å². The number of benzene rings is 2. The molecule has 2 aromatic carbocycles. The van der Waals surface area contributed by atoms with Crippen molar-refractivity contribution in [2.24, 2.45) is 5.41 Å². The van der Waals surface area contributed by atoms with Crippen LogP contribution < -0.4 is 0 Å². The highest BCUT2D eigenvalue weighted by molar-refractivity contribution is 5.44. The Morgan fingerprint density at radius 2 is 1.59 bits per heavy atom. The van der Waals surface area contributed by atoms with Crippen LogP contribution in [0.2, 0.25) is 0 Å². The Kier molecular flexibility index (Phi) is 4.68. The summed E-state index contributed by atoms with van der Waals surface area (Å²) in [6.07, 6.45) is -3.87. The van der Waals surface area contributed by atoms with Crippen LogP contribution in [0.1, 0.15) is 36.0 Å². The van der Waals surface area contributed by atoms with Crippen LogP contribution in [0, 0.1) is 17.0 Å². The summed E-state index contributed by atoms with van der Waals surface area (Å²) in [5.74, 6) is -6.25. The van der Waals surface area contributed by atoms with Crippen LogP contribution in [0.25, 0.3) is 0 Å². The maximum atomic E-state index is 16.1. The lowest BCUT2D eigenvalue weighted by Gasteiger charge is -2.74. The molecule has 0 aliphatic heterocycles. The Hall–Kier alpha value is -3.02. The minimum absolute atomic E-state index is 0.112. The van der Waals surface area contributed by atoms with Gasteiger partial charge >= 0.3 is 6.18 Å². The SMILES string of the molecule is O[C@](Cn1cnnn1)(c1ccc(F)cc1F)C(F)(F)C12CC(c3ccc(C(F)(F)F)cc3)(C1)C2. The third-order valence-corrected chi connectivity index (χ3v) is 7.20. The molecule has 12 heteroatoms. The molecule has 0 amide bonds. The van der Waals surface area contributed by atoms with Gasteiger partial charge in [-0.15, -0.1) is 5.10 Å². The number of alkyl halides is 5. The van der Waals surface area contributed by atoms with E-state index < -0.39 is 57.8 Å². The van der Waals surface area contributed by atoms with E-state index in [-0.39, 0.29) is 19.3 Å². The molecular weight excluding hydrogens is 469 g/mol. The molecule has 1 aromatic heterocycles. The van der Waals surface area contributed by atoms with Gasteiger partial charge in [-0.2, -0.15) is 13.2 Å². The first-order valence-electron chi connectivity index (χ1n) is 10.3. The molecule has 0 saturated heterocycles. The van der Waals surface area contributed by atoms with E-state index in [1.54, 1.807) is 0 Å². The molecule has 5 nitrogen and oxygen atoms in total. The van der Waals surface area contributed by atoms with Crippen molar-refractivity contribution in [2.45, 2.75) is 48.9 Å². The number of halogens is 7. The van der Waals surface area contributed by atoms with Crippen molar-refractivity contribution in [2.75, 3.05) is 0 Å². The molecule has 0 spiro atoms. The topological polar surface area (TPSA) is 63.8 Å². The van der Waals surface area contributed by atoms with Gasteiger partial charge in [0.15, 0.2) is 5.60 Å². The molecule has 3 aromatic rings. The Bertz CT molecular complexity index is 1210. The first-order valence-corrected chi connectivity index (χ1v) is 10.3. The fraction of sp³-hybridized carbons (Fsp3) is 0.409. The molecule has 0 radical (unpaired) electrons. The third-order valence-electron chi connectivity index (χ3n) is 7.20. The lowest BCUT2D eigenvalue weighted by atomic mass is 9.30. The van der Waals surface area contributed by atoms with E-state index in [0.29, 0.717) is 11.6 Å². The Morgan fingerprint density at radius 1 is 0.941 bits per heavy atom. The highest BCUT2D eigenvalue weighted by Crippen LogP contribution is 2.80. The minimum atomic E-state index is -4.52. The first-order chi connectivity index (χ1) is 15.8. The van der Waals surface area contributed by atoms with Crippen molar-refractivity contribution in [1.29, 1.82) is 0 Å². The van der Waals surface area contributed by atoms with Crippen molar-refractivity contribution < 1.29 is 35.8 Å². The zero-order valence-electron chi connectivity index (χ0n) is 17.3. The van der Waals surface area contributed by atoms with E-state index in [0.717, 1.165) is 35.3 Å². The van der Waals surface area contributed by atoms with E-state index in [1.165, 1.54) is 12.1 Å². The smallest absolute Gasteiger partial charge is 0.377 e.